The van der Waals surface area contributed by atoms with E-state index in [1.165, 1.54) is 6.42 Å². The number of thioether (sulfide) groups is 1. The molecule has 0 N–H and O–H groups in total. The van der Waals surface area contributed by atoms with Gasteiger partial charge in [-0.25, -0.2) is 0 Å². The highest BCUT2D eigenvalue weighted by atomic mass is 32.2. The van der Waals surface area contributed by atoms with Crippen LogP contribution in [0.5, 0.6) is 0 Å². The largest absolute Gasteiger partial charge is 0.159 e. The third-order valence-electron chi connectivity index (χ3n) is 12.4. The van der Waals surface area contributed by atoms with Gasteiger partial charge >= 0.3 is 0 Å². The molecule has 0 saturated carbocycles. The molecule has 0 radical (unpaired) electrons. The van der Waals surface area contributed by atoms with Crippen molar-refractivity contribution in [2.75, 3.05) is 6.26 Å². The Morgan fingerprint density at radius 2 is 0.679 bits per heavy atom. The fourth-order valence-corrected chi connectivity index (χ4v) is 6.19. The van der Waals surface area contributed by atoms with Gasteiger partial charge in [-0.2, -0.15) is 11.8 Å². The predicted molar refractivity (Wildman–Crippen MR) is 134 cm³/mol. The van der Waals surface area contributed by atoms with Crippen molar-refractivity contribution in [1.82, 2.24) is 0 Å². The van der Waals surface area contributed by atoms with E-state index in [4.69, 9.17) is 0 Å². The van der Waals surface area contributed by atoms with Crippen LogP contribution < -0.4 is 0 Å². The minimum absolute atomic E-state index is 0.126. The summed E-state index contributed by atoms with van der Waals surface area (Å²) in [6.45, 7) is 42.5. The van der Waals surface area contributed by atoms with Crippen LogP contribution in [-0.4, -0.2) is 11.0 Å². The van der Waals surface area contributed by atoms with Crippen molar-refractivity contribution < 1.29 is 0 Å². The number of hydrogen-bond acceptors (Lipinski definition) is 1. The molecular formula is C27H56S. The van der Waals surface area contributed by atoms with Gasteiger partial charge in [-0.3, -0.25) is 0 Å². The van der Waals surface area contributed by atoms with Gasteiger partial charge in [0.15, 0.2) is 0 Å². The molecule has 0 heterocycles. The molecule has 0 aromatic carbocycles. The van der Waals surface area contributed by atoms with Crippen molar-refractivity contribution in [2.24, 2.45) is 37.9 Å². The van der Waals surface area contributed by atoms with E-state index < -0.39 is 0 Å². The first-order valence-corrected chi connectivity index (χ1v) is 12.6. The number of hydrogen-bond donors (Lipinski definition) is 0. The lowest BCUT2D eigenvalue weighted by atomic mass is 9.36. The van der Waals surface area contributed by atoms with Gasteiger partial charge < -0.3 is 0 Å². The van der Waals surface area contributed by atoms with E-state index in [1.807, 2.05) is 11.8 Å². The zero-order chi connectivity index (χ0) is 23.4. The van der Waals surface area contributed by atoms with Gasteiger partial charge in [-0.15, -0.1) is 0 Å². The smallest absolute Gasteiger partial charge is 0.0157 e. The van der Waals surface area contributed by atoms with Crippen molar-refractivity contribution >= 4 is 11.8 Å². The maximum atomic E-state index is 2.55. The molecular weight excluding hydrogens is 356 g/mol. The highest BCUT2D eigenvalue weighted by molar-refractivity contribution is 8.00. The van der Waals surface area contributed by atoms with Crippen molar-refractivity contribution in [2.45, 2.75) is 129 Å². The summed E-state index contributed by atoms with van der Waals surface area (Å²) in [5, 5.41) is 0. The summed E-state index contributed by atoms with van der Waals surface area (Å²) in [5.41, 5.74) is 1.19. The molecule has 0 aliphatic heterocycles. The van der Waals surface area contributed by atoms with Crippen LogP contribution in [0.2, 0.25) is 0 Å². The lowest BCUT2D eigenvalue weighted by Crippen LogP contribution is -2.63. The average Bonchev–Trinajstić information content (AvgIpc) is 2.53. The third-order valence-corrected chi connectivity index (χ3v) is 13.9. The first-order valence-electron chi connectivity index (χ1n) is 11.4. The maximum Gasteiger partial charge on any atom is 0.0157 e. The Bertz CT molecular complexity index is 489. The summed E-state index contributed by atoms with van der Waals surface area (Å²) in [6, 6.07) is 0. The van der Waals surface area contributed by atoms with Crippen molar-refractivity contribution in [3.63, 3.8) is 0 Å². The SMILES string of the molecule is CCC(C)(C)C(C)(C)C(C)(C)C(C)(C)C(C)(C)C(C)(C)C(C)(C)C(C)(C)SC. The standard InChI is InChI=1S/C27H56S/c1-19-20(2,3)21(4,5)22(6,7)23(8,9)24(10,11)25(12,13)26(14,15)27(16,17)28-18/h19H2,1-18H3. The average molecular weight is 413 g/mol. The van der Waals surface area contributed by atoms with Crippen LogP contribution in [0.25, 0.3) is 0 Å². The van der Waals surface area contributed by atoms with Gasteiger partial charge in [-0.1, -0.05) is 124 Å². The molecule has 0 unspecified atom stereocenters. The number of rotatable bonds is 9. The van der Waals surface area contributed by atoms with Gasteiger partial charge in [0.05, 0.1) is 0 Å². The van der Waals surface area contributed by atoms with E-state index in [0.29, 0.717) is 0 Å². The first kappa shape index (κ1) is 28.4. The van der Waals surface area contributed by atoms with Crippen LogP contribution in [-0.2, 0) is 0 Å². The molecule has 0 rings (SSSR count). The monoisotopic (exact) mass is 412 g/mol. The van der Waals surface area contributed by atoms with Crippen molar-refractivity contribution in [3.8, 4) is 0 Å². The molecule has 0 aliphatic rings. The van der Waals surface area contributed by atoms with Crippen molar-refractivity contribution in [3.05, 3.63) is 0 Å². The fraction of sp³-hybridized carbons (Fsp3) is 1.00. The third kappa shape index (κ3) is 3.52. The fourth-order valence-electron chi connectivity index (χ4n) is 5.42. The molecule has 0 bridgehead atoms. The van der Waals surface area contributed by atoms with Crippen LogP contribution >= 0.6 is 11.8 Å². The van der Waals surface area contributed by atoms with Gasteiger partial charge in [0.2, 0.25) is 0 Å². The molecule has 0 aliphatic carbocycles. The summed E-state index contributed by atoms with van der Waals surface area (Å²) in [5.74, 6) is 0. The molecule has 0 amide bonds. The van der Waals surface area contributed by atoms with E-state index in [2.05, 4.69) is 124 Å². The minimum Gasteiger partial charge on any atom is -0.159 e. The zero-order valence-corrected chi connectivity index (χ0v) is 23.9. The molecule has 0 nitrogen and oxygen atoms in total. The van der Waals surface area contributed by atoms with Gasteiger partial charge in [0.25, 0.3) is 0 Å². The molecule has 0 atom stereocenters. The van der Waals surface area contributed by atoms with E-state index in [-0.39, 0.29) is 42.7 Å². The molecule has 0 aromatic rings. The lowest BCUT2D eigenvalue weighted by molar-refractivity contribution is -0.198. The van der Waals surface area contributed by atoms with Gasteiger partial charge in [0, 0.05) is 4.75 Å². The lowest BCUT2D eigenvalue weighted by Gasteiger charge is -2.69. The van der Waals surface area contributed by atoms with E-state index in [0.717, 1.165) is 0 Å². The van der Waals surface area contributed by atoms with Crippen LogP contribution in [0.4, 0.5) is 0 Å². The molecule has 0 aromatic heterocycles. The summed E-state index contributed by atoms with van der Waals surface area (Å²) in [4.78, 5) is 0. The Kier molecular flexibility index (Phi) is 7.58. The Balaban J connectivity index is 6.69. The Morgan fingerprint density at radius 3 is 0.929 bits per heavy atom. The van der Waals surface area contributed by atoms with E-state index in [1.54, 1.807) is 0 Å². The van der Waals surface area contributed by atoms with Crippen LogP contribution in [0.3, 0.4) is 0 Å². The molecule has 0 spiro atoms. The van der Waals surface area contributed by atoms with Gasteiger partial charge in [-0.05, 0) is 44.2 Å². The first-order chi connectivity index (χ1) is 11.9. The van der Waals surface area contributed by atoms with Crippen LogP contribution in [0.15, 0.2) is 0 Å². The highest BCUT2D eigenvalue weighted by Gasteiger charge is 2.65. The Labute approximate surface area is 184 Å². The normalized spacial score (nSPS) is 16.5. The van der Waals surface area contributed by atoms with Gasteiger partial charge in [0.1, 0.15) is 0 Å². The van der Waals surface area contributed by atoms with E-state index >= 15 is 0 Å². The second-order valence-corrected chi connectivity index (χ2v) is 15.1. The Hall–Kier alpha value is 0.350. The zero-order valence-electron chi connectivity index (χ0n) is 23.1. The van der Waals surface area contributed by atoms with Crippen LogP contribution in [0, 0.1) is 37.9 Å². The maximum absolute atomic E-state index is 2.55. The van der Waals surface area contributed by atoms with Crippen molar-refractivity contribution in [1.29, 1.82) is 0 Å². The second kappa shape index (κ2) is 7.49. The molecule has 0 saturated heterocycles. The quantitative estimate of drug-likeness (QED) is 0.363. The predicted octanol–water partition coefficient (Wildman–Crippen LogP) is 9.72. The Morgan fingerprint density at radius 1 is 0.429 bits per heavy atom. The summed E-state index contributed by atoms with van der Waals surface area (Å²) in [6.07, 6.45) is 3.47. The summed E-state index contributed by atoms with van der Waals surface area (Å²) in [7, 11) is 0. The molecule has 0 fully saturated rings. The highest BCUT2D eigenvalue weighted by Crippen LogP contribution is 2.71. The topological polar surface area (TPSA) is 0 Å². The van der Waals surface area contributed by atoms with Crippen LogP contribution in [0.1, 0.15) is 124 Å². The van der Waals surface area contributed by atoms with E-state index in [9.17, 15) is 0 Å². The summed E-state index contributed by atoms with van der Waals surface area (Å²) >= 11 is 2.01. The minimum atomic E-state index is 0.126. The molecule has 1 heteroatoms. The molecule has 170 valence electrons. The molecule has 28 heavy (non-hydrogen) atoms. The summed E-state index contributed by atoms with van der Waals surface area (Å²) < 4.78 is 0.201. The second-order valence-electron chi connectivity index (χ2n) is 13.7.